The average Bonchev–Trinajstić information content (AvgIpc) is 3.37. The zero-order chi connectivity index (χ0) is 31.3. The second kappa shape index (κ2) is 13.8. The number of anilines is 2. The van der Waals surface area contributed by atoms with Gasteiger partial charge in [-0.15, -0.1) is 0 Å². The van der Waals surface area contributed by atoms with Crippen LogP contribution in [0.4, 0.5) is 29.3 Å². The Bertz CT molecular complexity index is 1490. The standard InChI is InChI=1S/C29H29ClF3IN2O7/c1-17(27(37)38)9-11-42-23-14-20(13-22(15-23)40-2)35-34(24-7-5-19(30)12-26(24)41-3)28(39)36-10-8-18-4-6-21(16-25(18)36)43-29(31,32)33/h4-7,12-17,35H,8-11H2,1-3H3,(H,37,38). The van der Waals surface area contributed by atoms with Crippen molar-refractivity contribution in [3.05, 3.63) is 68.8 Å². The van der Waals surface area contributed by atoms with E-state index in [1.165, 1.54) is 37.3 Å². The predicted molar refractivity (Wildman–Crippen MR) is 164 cm³/mol. The summed E-state index contributed by atoms with van der Waals surface area (Å²) >= 11 is 2.99. The van der Waals surface area contributed by atoms with E-state index in [2.05, 4.69) is 8.27 Å². The normalized spacial score (nSPS) is 13.6. The van der Waals surface area contributed by atoms with Gasteiger partial charge in [0, 0.05) is 0 Å². The SMILES string of the molecule is COc1cc(NI(C(=O)N2CCc3ccc(OC(F)(F)F)cc32)c2ccc(Cl)cc2OC)cc(OCCC(C)C(=O)O)c1. The molecule has 0 radical (unpaired) electrons. The number of hydrogen-bond acceptors (Lipinski definition) is 7. The van der Waals surface area contributed by atoms with Crippen LogP contribution >= 0.6 is 31.7 Å². The number of halogens is 5. The van der Waals surface area contributed by atoms with Gasteiger partial charge in [0.15, 0.2) is 0 Å². The number of amides is 1. The van der Waals surface area contributed by atoms with Crippen LogP contribution in [0.3, 0.4) is 0 Å². The van der Waals surface area contributed by atoms with Crippen LogP contribution in [0.2, 0.25) is 5.02 Å². The number of hydrogen-bond donors (Lipinski definition) is 2. The molecule has 1 atom stereocenters. The maximum atomic E-state index is 14.3. The van der Waals surface area contributed by atoms with Gasteiger partial charge in [-0.1, -0.05) is 0 Å². The summed E-state index contributed by atoms with van der Waals surface area (Å²) in [5.41, 5.74) is 1.55. The van der Waals surface area contributed by atoms with E-state index in [1.807, 2.05) is 0 Å². The molecule has 1 aliphatic heterocycles. The molecule has 3 aromatic rings. The van der Waals surface area contributed by atoms with Gasteiger partial charge >= 0.3 is 259 Å². The summed E-state index contributed by atoms with van der Waals surface area (Å²) in [6, 6.07) is 13.9. The van der Waals surface area contributed by atoms with Crippen molar-refractivity contribution in [3.63, 3.8) is 0 Å². The van der Waals surface area contributed by atoms with Crippen LogP contribution in [0.25, 0.3) is 0 Å². The van der Waals surface area contributed by atoms with E-state index in [9.17, 15) is 22.8 Å². The predicted octanol–water partition coefficient (Wildman–Crippen LogP) is 7.63. The molecule has 0 aromatic heterocycles. The number of rotatable bonds is 12. The number of fused-ring (bicyclic) bond motifs is 1. The number of methoxy groups -OCH3 is 2. The van der Waals surface area contributed by atoms with Crippen LogP contribution in [0.5, 0.6) is 23.0 Å². The third-order valence-electron chi connectivity index (χ3n) is 6.44. The molecule has 14 heteroatoms. The second-order valence-corrected chi connectivity index (χ2v) is 14.1. The molecule has 0 spiro atoms. The minimum atomic E-state index is -4.88. The fourth-order valence-corrected chi connectivity index (χ4v) is 8.87. The van der Waals surface area contributed by atoms with Crippen LogP contribution in [0.15, 0.2) is 54.6 Å². The van der Waals surface area contributed by atoms with E-state index in [1.54, 1.807) is 43.3 Å². The van der Waals surface area contributed by atoms with Gasteiger partial charge in [0.2, 0.25) is 0 Å². The molecule has 9 nitrogen and oxygen atoms in total. The van der Waals surface area contributed by atoms with Crippen molar-refractivity contribution in [2.45, 2.75) is 26.1 Å². The Hall–Kier alpha value is -3.59. The van der Waals surface area contributed by atoms with Gasteiger partial charge in [-0.05, 0) is 0 Å². The first-order valence-electron chi connectivity index (χ1n) is 12.9. The summed E-state index contributed by atoms with van der Waals surface area (Å²) < 4.78 is 63.3. The number of alkyl halides is 3. The molecule has 1 heterocycles. The number of benzene rings is 3. The average molecular weight is 737 g/mol. The van der Waals surface area contributed by atoms with Gasteiger partial charge in [-0.25, -0.2) is 0 Å². The third kappa shape index (κ3) is 8.28. The molecule has 0 bridgehead atoms. The van der Waals surface area contributed by atoms with Crippen molar-refractivity contribution in [1.82, 2.24) is 0 Å². The van der Waals surface area contributed by atoms with E-state index >= 15 is 0 Å². The molecular weight excluding hydrogens is 708 g/mol. The van der Waals surface area contributed by atoms with Crippen molar-refractivity contribution in [2.24, 2.45) is 5.92 Å². The summed E-state index contributed by atoms with van der Waals surface area (Å²) in [5.74, 6) is -0.739. The molecule has 43 heavy (non-hydrogen) atoms. The molecule has 1 amide bonds. The molecule has 232 valence electrons. The van der Waals surface area contributed by atoms with Crippen molar-refractivity contribution < 1.29 is 46.8 Å². The monoisotopic (exact) mass is 736 g/mol. The first kappa shape index (κ1) is 32.3. The van der Waals surface area contributed by atoms with Gasteiger partial charge in [0.25, 0.3) is 0 Å². The number of carbonyl (C=O) groups excluding carboxylic acids is 1. The summed E-state index contributed by atoms with van der Waals surface area (Å²) in [6.07, 6.45) is -4.14. The summed E-state index contributed by atoms with van der Waals surface area (Å²) in [4.78, 5) is 26.9. The molecule has 0 saturated heterocycles. The Morgan fingerprint density at radius 3 is 2.47 bits per heavy atom. The van der Waals surface area contributed by atoms with E-state index in [0.717, 1.165) is 5.56 Å². The fraction of sp³-hybridized carbons (Fsp3) is 0.310. The number of carboxylic acid groups (broad SMARTS) is 1. The Kier molecular flexibility index (Phi) is 10.4. The summed E-state index contributed by atoms with van der Waals surface area (Å²) in [6.45, 7) is 1.99. The summed E-state index contributed by atoms with van der Waals surface area (Å²) in [7, 11) is 2.93. The van der Waals surface area contributed by atoms with Crippen molar-refractivity contribution in [2.75, 3.05) is 35.8 Å². The first-order chi connectivity index (χ1) is 20.4. The quantitative estimate of drug-likeness (QED) is 0.0847. The van der Waals surface area contributed by atoms with Crippen LogP contribution in [-0.2, 0) is 11.2 Å². The molecular formula is C29H29ClF3IN2O7. The number of nitrogens with zero attached hydrogens (tertiary/aromatic N) is 1. The van der Waals surface area contributed by atoms with Crippen LogP contribution in [0, 0.1) is 9.49 Å². The zero-order valence-corrected chi connectivity index (χ0v) is 26.2. The van der Waals surface area contributed by atoms with Gasteiger partial charge in [0.1, 0.15) is 0 Å². The Labute approximate surface area is 258 Å². The molecule has 0 aliphatic carbocycles. The van der Waals surface area contributed by atoms with E-state index in [-0.39, 0.29) is 23.5 Å². The Balaban J connectivity index is 1.69. The van der Waals surface area contributed by atoms with Crippen LogP contribution < -0.4 is 27.4 Å². The maximum absolute atomic E-state index is 14.3. The second-order valence-electron chi connectivity index (χ2n) is 9.42. The van der Waals surface area contributed by atoms with Crippen molar-refractivity contribution in [3.8, 4) is 23.0 Å². The van der Waals surface area contributed by atoms with Gasteiger partial charge in [-0.3, -0.25) is 0 Å². The molecule has 3 aromatic carbocycles. The van der Waals surface area contributed by atoms with Gasteiger partial charge in [0.05, 0.1) is 0 Å². The van der Waals surface area contributed by atoms with Crippen LogP contribution in [-0.4, -0.2) is 48.7 Å². The van der Waals surface area contributed by atoms with Crippen LogP contribution in [0.1, 0.15) is 18.9 Å². The molecule has 0 saturated carbocycles. The fourth-order valence-electron chi connectivity index (χ4n) is 4.22. The van der Waals surface area contributed by atoms with Crippen molar-refractivity contribution >= 4 is 53.0 Å². The van der Waals surface area contributed by atoms with Crippen molar-refractivity contribution in [1.29, 1.82) is 0 Å². The third-order valence-corrected chi connectivity index (χ3v) is 11.4. The topological polar surface area (TPSA) is 107 Å². The zero-order valence-electron chi connectivity index (χ0n) is 23.3. The first-order valence-corrected chi connectivity index (χ1v) is 16.5. The van der Waals surface area contributed by atoms with Gasteiger partial charge < -0.3 is 0 Å². The number of carbonyl (C=O) groups is 2. The minimum absolute atomic E-state index is 0.138. The molecule has 2 N–H and O–H groups in total. The number of carboxylic acids is 1. The Morgan fingerprint density at radius 1 is 1.05 bits per heavy atom. The molecule has 4 rings (SSSR count). The number of nitrogens with one attached hydrogen (secondary N) is 1. The summed E-state index contributed by atoms with van der Waals surface area (Å²) in [5, 5.41) is 9.55. The molecule has 0 fully saturated rings. The Morgan fingerprint density at radius 2 is 1.79 bits per heavy atom. The van der Waals surface area contributed by atoms with Gasteiger partial charge in [-0.2, -0.15) is 0 Å². The molecule has 1 unspecified atom stereocenters. The van der Waals surface area contributed by atoms with E-state index in [4.69, 9.17) is 30.9 Å². The van der Waals surface area contributed by atoms with E-state index in [0.29, 0.717) is 43.6 Å². The number of aliphatic carboxylic acids is 1. The molecule has 1 aliphatic rings. The van der Waals surface area contributed by atoms with E-state index < -0.39 is 44.1 Å². The number of ether oxygens (including phenoxy) is 4.